The topological polar surface area (TPSA) is 63.7 Å². The monoisotopic (exact) mass is 463 g/mol. The number of halogens is 1. The first-order chi connectivity index (χ1) is 16.5. The van der Waals surface area contributed by atoms with Crippen molar-refractivity contribution in [2.24, 2.45) is 0 Å². The van der Waals surface area contributed by atoms with E-state index in [-0.39, 0.29) is 5.97 Å². The number of hydrogen-bond acceptors (Lipinski definition) is 6. The number of benzene rings is 2. The number of pyridine rings is 1. The second-order valence-electron chi connectivity index (χ2n) is 8.48. The van der Waals surface area contributed by atoms with E-state index in [0.717, 1.165) is 30.6 Å². The van der Waals surface area contributed by atoms with E-state index in [2.05, 4.69) is 33.4 Å². The largest absolute Gasteiger partial charge is 0.465 e. The lowest BCUT2D eigenvalue weighted by molar-refractivity contribution is 0.0601. The minimum atomic E-state index is -1.34. The van der Waals surface area contributed by atoms with Gasteiger partial charge in [-0.15, -0.1) is 0 Å². The van der Waals surface area contributed by atoms with Gasteiger partial charge in [0.15, 0.2) is 0 Å². The molecule has 2 aromatic carbocycles. The van der Waals surface area contributed by atoms with Crippen molar-refractivity contribution in [3.8, 4) is 5.75 Å². The van der Waals surface area contributed by atoms with Crippen molar-refractivity contribution in [3.05, 3.63) is 77.6 Å². The van der Waals surface area contributed by atoms with Crippen LogP contribution in [0.5, 0.6) is 5.75 Å². The lowest BCUT2D eigenvalue weighted by Crippen LogP contribution is -2.20. The van der Waals surface area contributed by atoms with Gasteiger partial charge in [0, 0.05) is 44.0 Å². The summed E-state index contributed by atoms with van der Waals surface area (Å²) in [5.74, 6) is 0.477. The summed E-state index contributed by atoms with van der Waals surface area (Å²) in [5.41, 5.74) is 5.95. The highest BCUT2D eigenvalue weighted by Crippen LogP contribution is 2.36. The number of fused-ring (bicyclic) bond motifs is 1. The number of aryl methyl sites for hydroxylation is 1. The van der Waals surface area contributed by atoms with E-state index >= 15 is 0 Å². The van der Waals surface area contributed by atoms with Crippen molar-refractivity contribution in [3.63, 3.8) is 0 Å². The van der Waals surface area contributed by atoms with Gasteiger partial charge in [-0.2, -0.15) is 0 Å². The molecular formula is C27H30FN3O3. The first kappa shape index (κ1) is 23.5. The van der Waals surface area contributed by atoms with E-state index in [4.69, 9.17) is 9.47 Å². The van der Waals surface area contributed by atoms with E-state index < -0.39 is 6.36 Å². The standard InChI is InChI=1S/C27H30FN3O3/c1-18(28)34-23-10-7-21(8-11-23)31(2)22-9-12-24-19(15-22)5-4-6-20(24)16-30-26-17-29-14-13-25(26)27(32)33-3/h7-15,17-18,20,30H,4-6,16H2,1-3H3/t18?,20-/m0/s1. The number of nitrogens with zero attached hydrogens (tertiary/aromatic N) is 2. The summed E-state index contributed by atoms with van der Waals surface area (Å²) < 4.78 is 23.1. The van der Waals surface area contributed by atoms with E-state index in [1.54, 1.807) is 30.6 Å². The van der Waals surface area contributed by atoms with Crippen molar-refractivity contribution in [2.45, 2.75) is 38.5 Å². The third-order valence-electron chi connectivity index (χ3n) is 6.24. The number of rotatable bonds is 8. The number of alkyl halides is 1. The number of aromatic nitrogens is 1. The molecule has 0 amide bonds. The fourth-order valence-corrected chi connectivity index (χ4v) is 4.46. The number of hydrogen-bond donors (Lipinski definition) is 1. The fraction of sp³-hybridized carbons (Fsp3) is 0.333. The smallest absolute Gasteiger partial charge is 0.340 e. The van der Waals surface area contributed by atoms with Crippen LogP contribution in [0.4, 0.5) is 21.5 Å². The van der Waals surface area contributed by atoms with Gasteiger partial charge in [0.2, 0.25) is 6.36 Å². The summed E-state index contributed by atoms with van der Waals surface area (Å²) in [6, 6.07) is 15.7. The highest BCUT2D eigenvalue weighted by Gasteiger charge is 2.22. The molecule has 1 aliphatic rings. The Kier molecular flexibility index (Phi) is 7.30. The van der Waals surface area contributed by atoms with Crippen LogP contribution >= 0.6 is 0 Å². The number of anilines is 3. The van der Waals surface area contributed by atoms with Crippen molar-refractivity contribution in [1.29, 1.82) is 0 Å². The second-order valence-corrected chi connectivity index (χ2v) is 8.48. The number of carbonyl (C=O) groups excluding carboxylic acids is 1. The van der Waals surface area contributed by atoms with Crippen LogP contribution < -0.4 is 15.0 Å². The minimum absolute atomic E-state index is 0.341. The Bertz CT molecular complexity index is 1130. The zero-order valence-electron chi connectivity index (χ0n) is 19.8. The van der Waals surface area contributed by atoms with Gasteiger partial charge in [-0.3, -0.25) is 4.98 Å². The molecule has 1 heterocycles. The summed E-state index contributed by atoms with van der Waals surface area (Å²) in [5, 5.41) is 3.41. The molecule has 0 aliphatic heterocycles. The third kappa shape index (κ3) is 5.30. The van der Waals surface area contributed by atoms with Gasteiger partial charge >= 0.3 is 5.97 Å². The van der Waals surface area contributed by atoms with Crippen LogP contribution in [-0.4, -0.2) is 38.0 Å². The highest BCUT2D eigenvalue weighted by atomic mass is 19.1. The Morgan fingerprint density at radius 3 is 2.71 bits per heavy atom. The van der Waals surface area contributed by atoms with Gasteiger partial charge in [0.1, 0.15) is 5.75 Å². The average Bonchev–Trinajstić information content (AvgIpc) is 2.86. The summed E-state index contributed by atoms with van der Waals surface area (Å²) >= 11 is 0. The molecule has 0 saturated carbocycles. The lowest BCUT2D eigenvalue weighted by atomic mass is 9.82. The summed E-state index contributed by atoms with van der Waals surface area (Å²) in [6.07, 6.45) is 5.15. The average molecular weight is 464 g/mol. The number of methoxy groups -OCH3 is 1. The van der Waals surface area contributed by atoms with Gasteiger partial charge in [-0.1, -0.05) is 6.07 Å². The molecule has 7 heteroatoms. The first-order valence-electron chi connectivity index (χ1n) is 11.5. The van der Waals surface area contributed by atoms with E-state index in [0.29, 0.717) is 29.5 Å². The number of nitrogens with one attached hydrogen (secondary N) is 1. The molecule has 1 N–H and O–H groups in total. The molecule has 34 heavy (non-hydrogen) atoms. The molecule has 1 unspecified atom stereocenters. The minimum Gasteiger partial charge on any atom is -0.465 e. The van der Waals surface area contributed by atoms with Gasteiger partial charge in [0.05, 0.1) is 24.6 Å². The zero-order valence-corrected chi connectivity index (χ0v) is 19.8. The molecule has 1 aromatic heterocycles. The van der Waals surface area contributed by atoms with E-state index in [1.165, 1.54) is 25.2 Å². The number of esters is 1. The summed E-state index contributed by atoms with van der Waals surface area (Å²) in [7, 11) is 3.40. The summed E-state index contributed by atoms with van der Waals surface area (Å²) in [4.78, 5) is 18.3. The van der Waals surface area contributed by atoms with Crippen LogP contribution in [0.15, 0.2) is 60.9 Å². The maximum atomic E-state index is 13.1. The molecule has 0 bridgehead atoms. The van der Waals surface area contributed by atoms with Crippen LogP contribution in [0.1, 0.15) is 47.2 Å². The number of ether oxygens (including phenoxy) is 2. The highest BCUT2D eigenvalue weighted by molar-refractivity contribution is 5.95. The van der Waals surface area contributed by atoms with Crippen LogP contribution in [0.25, 0.3) is 0 Å². The van der Waals surface area contributed by atoms with Crippen molar-refractivity contribution < 1.29 is 18.7 Å². The predicted molar refractivity (Wildman–Crippen MR) is 132 cm³/mol. The Balaban J connectivity index is 1.48. The Morgan fingerprint density at radius 2 is 1.97 bits per heavy atom. The molecule has 0 spiro atoms. The van der Waals surface area contributed by atoms with Gasteiger partial charge in [0.25, 0.3) is 0 Å². The molecule has 3 aromatic rings. The maximum Gasteiger partial charge on any atom is 0.340 e. The molecular weight excluding hydrogens is 433 g/mol. The molecule has 4 rings (SSSR count). The molecule has 178 valence electrons. The van der Waals surface area contributed by atoms with Crippen molar-refractivity contribution >= 4 is 23.0 Å². The molecule has 0 fully saturated rings. The van der Waals surface area contributed by atoms with Crippen LogP contribution in [0, 0.1) is 0 Å². The molecule has 0 saturated heterocycles. The van der Waals surface area contributed by atoms with Crippen LogP contribution in [0.3, 0.4) is 0 Å². The summed E-state index contributed by atoms with van der Waals surface area (Å²) in [6.45, 7) is 2.08. The van der Waals surface area contributed by atoms with Crippen LogP contribution in [-0.2, 0) is 11.2 Å². The Morgan fingerprint density at radius 1 is 1.21 bits per heavy atom. The van der Waals surface area contributed by atoms with Gasteiger partial charge in [-0.05, 0) is 72.9 Å². The Hall–Kier alpha value is -3.61. The first-order valence-corrected chi connectivity index (χ1v) is 11.5. The zero-order chi connectivity index (χ0) is 24.1. The molecule has 0 radical (unpaired) electrons. The molecule has 2 atom stereocenters. The van der Waals surface area contributed by atoms with Crippen LogP contribution in [0.2, 0.25) is 0 Å². The number of carbonyl (C=O) groups is 1. The van der Waals surface area contributed by atoms with E-state index in [1.807, 2.05) is 19.2 Å². The Labute approximate surface area is 199 Å². The van der Waals surface area contributed by atoms with Crippen molar-refractivity contribution in [2.75, 3.05) is 30.9 Å². The molecule has 6 nitrogen and oxygen atoms in total. The normalized spacial score (nSPS) is 15.7. The predicted octanol–water partition coefficient (Wildman–Crippen LogP) is 5.86. The fourth-order valence-electron chi connectivity index (χ4n) is 4.46. The maximum absolute atomic E-state index is 13.1. The second kappa shape index (κ2) is 10.5. The lowest BCUT2D eigenvalue weighted by Gasteiger charge is -2.28. The van der Waals surface area contributed by atoms with Gasteiger partial charge < -0.3 is 19.7 Å². The van der Waals surface area contributed by atoms with E-state index in [9.17, 15) is 9.18 Å². The molecule has 1 aliphatic carbocycles. The third-order valence-corrected chi connectivity index (χ3v) is 6.24. The van der Waals surface area contributed by atoms with Crippen molar-refractivity contribution in [1.82, 2.24) is 4.98 Å². The van der Waals surface area contributed by atoms with Gasteiger partial charge in [-0.25, -0.2) is 9.18 Å². The SMILES string of the molecule is COC(=O)c1ccncc1NC[C@@H]1CCCc2cc(N(C)c3ccc(OC(C)F)cc3)ccc21. The quantitative estimate of drug-likeness (QED) is 0.422.